The van der Waals surface area contributed by atoms with E-state index in [0.29, 0.717) is 24.3 Å². The fraction of sp³-hybridized carbons (Fsp3) is 0.417. The van der Waals surface area contributed by atoms with Crippen LogP contribution in [0, 0.1) is 0 Å². The minimum absolute atomic E-state index is 0.0471. The Bertz CT molecular complexity index is 977. The van der Waals surface area contributed by atoms with E-state index in [4.69, 9.17) is 4.74 Å². The molecule has 31 heavy (non-hydrogen) atoms. The predicted octanol–water partition coefficient (Wildman–Crippen LogP) is 2.49. The van der Waals surface area contributed by atoms with Crippen LogP contribution in [0.5, 0.6) is 5.75 Å². The molecular weight excluding hydrogens is 394 g/mol. The number of carbonyl (C=O) groups is 2. The Morgan fingerprint density at radius 2 is 1.74 bits per heavy atom. The topological polar surface area (TPSA) is 73.3 Å². The molecule has 3 aliphatic rings. The lowest BCUT2D eigenvalue weighted by Crippen LogP contribution is -2.46. The van der Waals surface area contributed by atoms with Crippen molar-refractivity contribution in [3.8, 4) is 5.75 Å². The van der Waals surface area contributed by atoms with Gasteiger partial charge >= 0.3 is 0 Å². The number of anilines is 1. The van der Waals surface area contributed by atoms with E-state index in [1.807, 2.05) is 24.3 Å². The van der Waals surface area contributed by atoms with Gasteiger partial charge in [-0.25, -0.2) is 0 Å². The molecule has 2 fully saturated rings. The molecule has 0 aromatic heterocycles. The van der Waals surface area contributed by atoms with Gasteiger partial charge in [0.2, 0.25) is 0 Å². The van der Waals surface area contributed by atoms with Crippen molar-refractivity contribution in [1.82, 2.24) is 9.80 Å². The number of hydrogen-bond donors (Lipinski definition) is 1. The molecule has 3 heterocycles. The molecule has 2 aromatic rings. The smallest absolute Gasteiger partial charge is 0.263 e. The molecule has 0 radical (unpaired) electrons. The fourth-order valence-corrected chi connectivity index (χ4v) is 4.74. The standard InChI is InChI=1S/C24H27N3O4/c28-18-8-6-17(7-9-18)15-25-10-12-26(13-11-25)21-5-1-4-20-22(21)24(30)27(23(20)29)16-19-3-2-14-31-19/h1,4-9,19,28H,2-3,10-16H2/t19-/m1/s1. The van der Waals surface area contributed by atoms with Crippen molar-refractivity contribution >= 4 is 17.5 Å². The Kier molecular flexibility index (Phi) is 5.38. The molecule has 1 N–H and O–H groups in total. The molecule has 0 bridgehead atoms. The van der Waals surface area contributed by atoms with Gasteiger partial charge in [-0.2, -0.15) is 0 Å². The van der Waals surface area contributed by atoms with Gasteiger partial charge in [-0.1, -0.05) is 18.2 Å². The van der Waals surface area contributed by atoms with Gasteiger partial charge < -0.3 is 14.7 Å². The maximum atomic E-state index is 13.2. The molecule has 2 amide bonds. The third kappa shape index (κ3) is 3.91. The van der Waals surface area contributed by atoms with Crippen LogP contribution in [-0.4, -0.2) is 72.2 Å². The van der Waals surface area contributed by atoms with Crippen molar-refractivity contribution in [1.29, 1.82) is 0 Å². The number of aromatic hydroxyl groups is 1. The van der Waals surface area contributed by atoms with Gasteiger partial charge in [0.05, 0.1) is 29.5 Å². The molecule has 7 nitrogen and oxygen atoms in total. The molecule has 1 atom stereocenters. The van der Waals surface area contributed by atoms with Crippen molar-refractivity contribution in [2.45, 2.75) is 25.5 Å². The first-order chi connectivity index (χ1) is 15.1. The summed E-state index contributed by atoms with van der Waals surface area (Å²) in [6.45, 7) is 5.19. The van der Waals surface area contributed by atoms with Crippen molar-refractivity contribution in [2.75, 3.05) is 44.2 Å². The first-order valence-corrected chi connectivity index (χ1v) is 11.0. The van der Waals surface area contributed by atoms with E-state index in [9.17, 15) is 14.7 Å². The van der Waals surface area contributed by atoms with Crippen LogP contribution in [0.15, 0.2) is 42.5 Å². The number of amides is 2. The second-order valence-corrected chi connectivity index (χ2v) is 8.49. The number of hydrogen-bond acceptors (Lipinski definition) is 6. The zero-order chi connectivity index (χ0) is 21.4. The zero-order valence-corrected chi connectivity index (χ0v) is 17.5. The first kappa shape index (κ1) is 20.0. The van der Waals surface area contributed by atoms with Crippen LogP contribution in [0.25, 0.3) is 0 Å². The summed E-state index contributed by atoms with van der Waals surface area (Å²) in [5.41, 5.74) is 3.07. The Morgan fingerprint density at radius 3 is 2.45 bits per heavy atom. The maximum Gasteiger partial charge on any atom is 0.263 e. The maximum absolute atomic E-state index is 13.2. The molecule has 0 aliphatic carbocycles. The highest BCUT2D eigenvalue weighted by molar-refractivity contribution is 6.23. The highest BCUT2D eigenvalue weighted by Crippen LogP contribution is 2.33. The molecule has 7 heteroatoms. The number of ether oxygens (including phenoxy) is 1. The number of benzene rings is 2. The third-order valence-corrected chi connectivity index (χ3v) is 6.44. The summed E-state index contributed by atoms with van der Waals surface area (Å²) in [5.74, 6) is -0.125. The predicted molar refractivity (Wildman–Crippen MR) is 116 cm³/mol. The lowest BCUT2D eigenvalue weighted by Gasteiger charge is -2.36. The van der Waals surface area contributed by atoms with Crippen LogP contribution in [0.4, 0.5) is 5.69 Å². The number of nitrogens with zero attached hydrogens (tertiary/aromatic N) is 3. The number of phenols is 1. The molecule has 0 saturated carbocycles. The number of carbonyl (C=O) groups excluding carboxylic acids is 2. The largest absolute Gasteiger partial charge is 0.508 e. The Labute approximate surface area is 181 Å². The van der Waals surface area contributed by atoms with Gasteiger partial charge in [-0.15, -0.1) is 0 Å². The van der Waals surface area contributed by atoms with Crippen molar-refractivity contribution in [3.63, 3.8) is 0 Å². The monoisotopic (exact) mass is 421 g/mol. The first-order valence-electron chi connectivity index (χ1n) is 11.0. The van der Waals surface area contributed by atoms with Crippen LogP contribution in [0.3, 0.4) is 0 Å². The summed E-state index contributed by atoms with van der Waals surface area (Å²) in [6.07, 6.45) is 1.82. The van der Waals surface area contributed by atoms with E-state index in [1.54, 1.807) is 18.2 Å². The molecular formula is C24H27N3O4. The minimum Gasteiger partial charge on any atom is -0.508 e. The number of phenolic OH excluding ortho intramolecular Hbond substituents is 1. The SMILES string of the molecule is O=C1c2cccc(N3CCN(Cc4ccc(O)cc4)CC3)c2C(=O)N1C[C@H]1CCCO1. The molecule has 3 aliphatic heterocycles. The van der Waals surface area contributed by atoms with Crippen LogP contribution >= 0.6 is 0 Å². The number of imide groups is 1. The Hall–Kier alpha value is -2.90. The second kappa shape index (κ2) is 8.32. The van der Waals surface area contributed by atoms with E-state index >= 15 is 0 Å². The second-order valence-electron chi connectivity index (χ2n) is 8.49. The normalized spacial score (nSPS) is 21.7. The van der Waals surface area contributed by atoms with Crippen molar-refractivity contribution < 1.29 is 19.4 Å². The average Bonchev–Trinajstić information content (AvgIpc) is 3.39. The highest BCUT2D eigenvalue weighted by atomic mass is 16.5. The number of fused-ring (bicyclic) bond motifs is 1. The van der Waals surface area contributed by atoms with Crippen LogP contribution in [0.2, 0.25) is 0 Å². The van der Waals surface area contributed by atoms with Crippen LogP contribution in [-0.2, 0) is 11.3 Å². The third-order valence-electron chi connectivity index (χ3n) is 6.44. The van der Waals surface area contributed by atoms with Gasteiger partial charge in [0.25, 0.3) is 11.8 Å². The molecule has 5 rings (SSSR count). The minimum atomic E-state index is -0.205. The zero-order valence-electron chi connectivity index (χ0n) is 17.5. The quantitative estimate of drug-likeness (QED) is 0.748. The summed E-state index contributed by atoms with van der Waals surface area (Å²) >= 11 is 0. The summed E-state index contributed by atoms with van der Waals surface area (Å²) in [5, 5.41) is 9.46. The van der Waals surface area contributed by atoms with Crippen LogP contribution < -0.4 is 4.90 Å². The van der Waals surface area contributed by atoms with Gasteiger partial charge in [0, 0.05) is 39.3 Å². The summed E-state index contributed by atoms with van der Waals surface area (Å²) in [6, 6.07) is 12.9. The van der Waals surface area contributed by atoms with E-state index in [1.165, 1.54) is 4.90 Å². The number of rotatable bonds is 5. The van der Waals surface area contributed by atoms with Crippen molar-refractivity contribution in [2.24, 2.45) is 0 Å². The van der Waals surface area contributed by atoms with E-state index < -0.39 is 0 Å². The van der Waals surface area contributed by atoms with Crippen LogP contribution in [0.1, 0.15) is 39.1 Å². The molecule has 0 unspecified atom stereocenters. The molecule has 0 spiro atoms. The Balaban J connectivity index is 1.28. The van der Waals surface area contributed by atoms with Gasteiger partial charge in [0.15, 0.2) is 0 Å². The molecule has 162 valence electrons. The van der Waals surface area contributed by atoms with E-state index in [2.05, 4.69) is 9.80 Å². The average molecular weight is 421 g/mol. The van der Waals surface area contributed by atoms with E-state index in [0.717, 1.165) is 56.8 Å². The highest BCUT2D eigenvalue weighted by Gasteiger charge is 2.40. The summed E-state index contributed by atoms with van der Waals surface area (Å²) in [4.78, 5) is 32.0. The van der Waals surface area contributed by atoms with Gasteiger partial charge in [0.1, 0.15) is 5.75 Å². The number of piperazine rings is 1. The summed E-state index contributed by atoms with van der Waals surface area (Å²) < 4.78 is 5.65. The molecule has 2 aromatic carbocycles. The van der Waals surface area contributed by atoms with E-state index in [-0.39, 0.29) is 23.7 Å². The van der Waals surface area contributed by atoms with Crippen molar-refractivity contribution in [3.05, 3.63) is 59.2 Å². The van der Waals surface area contributed by atoms with Gasteiger partial charge in [-0.3, -0.25) is 19.4 Å². The Morgan fingerprint density at radius 1 is 0.968 bits per heavy atom. The lowest BCUT2D eigenvalue weighted by atomic mass is 10.1. The fourth-order valence-electron chi connectivity index (χ4n) is 4.74. The molecule has 2 saturated heterocycles. The van der Waals surface area contributed by atoms with Gasteiger partial charge in [-0.05, 0) is 42.7 Å². The summed E-state index contributed by atoms with van der Waals surface area (Å²) in [7, 11) is 0. The lowest BCUT2D eigenvalue weighted by molar-refractivity contribution is 0.0475.